The van der Waals surface area contributed by atoms with E-state index in [4.69, 9.17) is 4.74 Å². The number of aromatic nitrogens is 1. The Morgan fingerprint density at radius 2 is 1.92 bits per heavy atom. The zero-order valence-electron chi connectivity index (χ0n) is 15.2. The van der Waals surface area contributed by atoms with Gasteiger partial charge in [0.05, 0.1) is 17.9 Å². The lowest BCUT2D eigenvalue weighted by atomic mass is 10.1. The summed E-state index contributed by atoms with van der Waals surface area (Å²) in [6, 6.07) is 10.3. The molecule has 0 bridgehead atoms. The van der Waals surface area contributed by atoms with Crippen LogP contribution in [0.4, 0.5) is 11.4 Å². The van der Waals surface area contributed by atoms with E-state index in [1.54, 1.807) is 43.5 Å². The van der Waals surface area contributed by atoms with Crippen LogP contribution < -0.4 is 10.6 Å². The van der Waals surface area contributed by atoms with E-state index in [2.05, 4.69) is 22.5 Å². The van der Waals surface area contributed by atoms with E-state index in [1.807, 2.05) is 6.07 Å². The van der Waals surface area contributed by atoms with E-state index in [0.717, 1.165) is 31.5 Å². The van der Waals surface area contributed by atoms with Crippen LogP contribution in [0.15, 0.2) is 42.6 Å². The Hall–Kier alpha value is -2.89. The van der Waals surface area contributed by atoms with Crippen LogP contribution >= 0.6 is 0 Å². The van der Waals surface area contributed by atoms with Gasteiger partial charge < -0.3 is 15.4 Å². The lowest BCUT2D eigenvalue weighted by molar-refractivity contribution is 0.0527. The first-order chi connectivity index (χ1) is 12.7. The van der Waals surface area contributed by atoms with E-state index in [1.165, 1.54) is 0 Å². The molecule has 6 nitrogen and oxygen atoms in total. The lowest BCUT2D eigenvalue weighted by Gasteiger charge is -2.11. The Morgan fingerprint density at radius 1 is 1.12 bits per heavy atom. The number of esters is 1. The van der Waals surface area contributed by atoms with Crippen molar-refractivity contribution in [2.24, 2.45) is 0 Å². The first kappa shape index (κ1) is 19.4. The summed E-state index contributed by atoms with van der Waals surface area (Å²) in [6.45, 7) is 5.02. The van der Waals surface area contributed by atoms with E-state index >= 15 is 0 Å². The molecule has 138 valence electrons. The molecular weight excluding hydrogens is 330 g/mol. The number of benzene rings is 1. The second kappa shape index (κ2) is 10.2. The van der Waals surface area contributed by atoms with E-state index in [-0.39, 0.29) is 18.2 Å². The molecule has 0 saturated heterocycles. The first-order valence-electron chi connectivity index (χ1n) is 8.93. The molecule has 26 heavy (non-hydrogen) atoms. The summed E-state index contributed by atoms with van der Waals surface area (Å²) in [7, 11) is 0. The smallest absolute Gasteiger partial charge is 0.340 e. The van der Waals surface area contributed by atoms with Crippen molar-refractivity contribution < 1.29 is 14.3 Å². The van der Waals surface area contributed by atoms with Gasteiger partial charge in [0.25, 0.3) is 5.91 Å². The Labute approximate surface area is 154 Å². The van der Waals surface area contributed by atoms with Crippen molar-refractivity contribution in [3.63, 3.8) is 0 Å². The second-order valence-electron chi connectivity index (χ2n) is 5.78. The average molecular weight is 355 g/mol. The minimum atomic E-state index is -0.470. The summed E-state index contributed by atoms with van der Waals surface area (Å²) in [5, 5.41) is 6.03. The van der Waals surface area contributed by atoms with Crippen molar-refractivity contribution in [3.8, 4) is 0 Å². The molecule has 6 heteroatoms. The standard InChI is InChI=1S/C20H25N3O3/c1-3-5-8-12-21-15-11-13-22-18(14-15)19(24)23-17-10-7-6-9-16(17)20(25)26-4-2/h6-7,9-11,13-14H,3-5,8,12H2,1-2H3,(H,21,22)(H,23,24). The molecule has 0 unspecified atom stereocenters. The highest BCUT2D eigenvalue weighted by molar-refractivity contribution is 6.07. The molecule has 2 N–H and O–H groups in total. The van der Waals surface area contributed by atoms with Crippen molar-refractivity contribution in [1.29, 1.82) is 0 Å². The third kappa shape index (κ3) is 5.58. The summed E-state index contributed by atoms with van der Waals surface area (Å²) in [6.07, 6.45) is 4.99. The largest absolute Gasteiger partial charge is 0.462 e. The number of nitrogens with zero attached hydrogens (tertiary/aromatic N) is 1. The van der Waals surface area contributed by atoms with E-state index in [9.17, 15) is 9.59 Å². The Balaban J connectivity index is 2.07. The van der Waals surface area contributed by atoms with Gasteiger partial charge in [-0.3, -0.25) is 9.78 Å². The molecule has 2 rings (SSSR count). The van der Waals surface area contributed by atoms with Crippen LogP contribution in [0.3, 0.4) is 0 Å². The predicted molar refractivity (Wildman–Crippen MR) is 103 cm³/mol. The molecule has 1 amide bonds. The SMILES string of the molecule is CCCCCNc1ccnc(C(=O)Nc2ccccc2C(=O)OCC)c1. The summed E-state index contributed by atoms with van der Waals surface area (Å²) < 4.78 is 5.02. The van der Waals surface area contributed by atoms with Crippen LogP contribution in [-0.4, -0.2) is 30.0 Å². The van der Waals surface area contributed by atoms with Crippen molar-refractivity contribution in [3.05, 3.63) is 53.9 Å². The van der Waals surface area contributed by atoms with Gasteiger partial charge in [-0.05, 0) is 37.6 Å². The maximum atomic E-state index is 12.5. The predicted octanol–water partition coefficient (Wildman–Crippen LogP) is 4.11. The molecule has 0 radical (unpaired) electrons. The van der Waals surface area contributed by atoms with Gasteiger partial charge in [-0.25, -0.2) is 4.79 Å². The number of ether oxygens (including phenoxy) is 1. The molecule has 0 aliphatic carbocycles. The maximum Gasteiger partial charge on any atom is 0.340 e. The van der Waals surface area contributed by atoms with Crippen molar-refractivity contribution in [1.82, 2.24) is 4.98 Å². The Bertz CT molecular complexity index is 747. The van der Waals surface area contributed by atoms with Crippen LogP contribution in [0.25, 0.3) is 0 Å². The van der Waals surface area contributed by atoms with Crippen LogP contribution in [0.5, 0.6) is 0 Å². The average Bonchev–Trinajstić information content (AvgIpc) is 2.66. The van der Waals surface area contributed by atoms with Gasteiger partial charge in [-0.1, -0.05) is 31.9 Å². The van der Waals surface area contributed by atoms with Gasteiger partial charge in [-0.15, -0.1) is 0 Å². The van der Waals surface area contributed by atoms with Crippen molar-refractivity contribution >= 4 is 23.3 Å². The van der Waals surface area contributed by atoms with Gasteiger partial charge in [0.2, 0.25) is 0 Å². The monoisotopic (exact) mass is 355 g/mol. The van der Waals surface area contributed by atoms with Gasteiger partial charge >= 0.3 is 5.97 Å². The van der Waals surface area contributed by atoms with Crippen LogP contribution in [-0.2, 0) is 4.74 Å². The number of amides is 1. The van der Waals surface area contributed by atoms with E-state index in [0.29, 0.717) is 11.3 Å². The van der Waals surface area contributed by atoms with Crippen molar-refractivity contribution in [2.75, 3.05) is 23.8 Å². The molecular formula is C20H25N3O3. The second-order valence-corrected chi connectivity index (χ2v) is 5.78. The highest BCUT2D eigenvalue weighted by atomic mass is 16.5. The number of hydrogen-bond acceptors (Lipinski definition) is 5. The minimum absolute atomic E-state index is 0.272. The molecule has 0 saturated carbocycles. The number of nitrogens with one attached hydrogen (secondary N) is 2. The molecule has 0 atom stereocenters. The van der Waals surface area contributed by atoms with Gasteiger partial charge in [-0.2, -0.15) is 0 Å². The molecule has 2 aromatic rings. The summed E-state index contributed by atoms with van der Waals surface area (Å²) in [4.78, 5) is 28.7. The Morgan fingerprint density at radius 3 is 2.69 bits per heavy atom. The fraction of sp³-hybridized carbons (Fsp3) is 0.350. The van der Waals surface area contributed by atoms with Crippen molar-refractivity contribution in [2.45, 2.75) is 33.1 Å². The van der Waals surface area contributed by atoms with Gasteiger partial charge in [0.15, 0.2) is 0 Å². The number of anilines is 2. The number of rotatable bonds is 9. The zero-order valence-corrected chi connectivity index (χ0v) is 15.2. The number of hydrogen-bond donors (Lipinski definition) is 2. The van der Waals surface area contributed by atoms with Gasteiger partial charge in [0, 0.05) is 18.4 Å². The summed E-state index contributed by atoms with van der Waals surface area (Å²) >= 11 is 0. The number of carbonyl (C=O) groups is 2. The fourth-order valence-electron chi connectivity index (χ4n) is 2.44. The lowest BCUT2D eigenvalue weighted by Crippen LogP contribution is -2.17. The third-order valence-electron chi connectivity index (χ3n) is 3.77. The zero-order chi connectivity index (χ0) is 18.8. The highest BCUT2D eigenvalue weighted by Crippen LogP contribution is 2.18. The maximum absolute atomic E-state index is 12.5. The topological polar surface area (TPSA) is 80.3 Å². The van der Waals surface area contributed by atoms with Gasteiger partial charge in [0.1, 0.15) is 5.69 Å². The molecule has 1 aromatic heterocycles. The summed E-state index contributed by atoms with van der Waals surface area (Å²) in [5.74, 6) is -0.846. The number of pyridine rings is 1. The first-order valence-corrected chi connectivity index (χ1v) is 8.93. The quantitative estimate of drug-likeness (QED) is 0.522. The minimum Gasteiger partial charge on any atom is -0.462 e. The van der Waals surface area contributed by atoms with Crippen LogP contribution in [0.1, 0.15) is 54.0 Å². The fourth-order valence-corrected chi connectivity index (χ4v) is 2.44. The summed E-state index contributed by atoms with van der Waals surface area (Å²) in [5.41, 5.74) is 1.85. The van der Waals surface area contributed by atoms with Crippen LogP contribution in [0, 0.1) is 0 Å². The molecule has 0 fully saturated rings. The third-order valence-corrected chi connectivity index (χ3v) is 3.77. The number of para-hydroxylation sites is 1. The normalized spacial score (nSPS) is 10.2. The molecule has 1 aromatic carbocycles. The highest BCUT2D eigenvalue weighted by Gasteiger charge is 2.15. The number of carbonyl (C=O) groups excluding carboxylic acids is 2. The Kier molecular flexibility index (Phi) is 7.61. The molecule has 0 spiro atoms. The number of unbranched alkanes of at least 4 members (excludes halogenated alkanes) is 2. The van der Waals surface area contributed by atoms with Crippen LogP contribution in [0.2, 0.25) is 0 Å². The van der Waals surface area contributed by atoms with E-state index < -0.39 is 5.97 Å². The molecule has 1 heterocycles. The molecule has 0 aliphatic rings. The molecule has 0 aliphatic heterocycles.